The Morgan fingerprint density at radius 2 is 1.72 bits per heavy atom. The zero-order chi connectivity index (χ0) is 24.1. The number of benzene rings is 1. The van der Waals surface area contributed by atoms with Gasteiger partial charge < -0.3 is 19.3 Å². The van der Waals surface area contributed by atoms with Crippen molar-refractivity contribution in [1.82, 2.24) is 9.80 Å². The molecule has 1 aromatic carbocycles. The van der Waals surface area contributed by atoms with Crippen LogP contribution >= 0.6 is 23.2 Å². The normalized spacial score (nSPS) is 11.8. The molecule has 0 aromatic heterocycles. The molecule has 0 atom stereocenters. The predicted octanol–water partition coefficient (Wildman–Crippen LogP) is 5.55. The first kappa shape index (κ1) is 27.6. The summed E-state index contributed by atoms with van der Waals surface area (Å²) in [6.07, 6.45) is 8.78. The number of hydrogen-bond donors (Lipinski definition) is 0. The van der Waals surface area contributed by atoms with E-state index in [1.165, 1.54) is 11.9 Å². The molecule has 0 spiro atoms. The van der Waals surface area contributed by atoms with Crippen LogP contribution < -0.4 is 9.47 Å². The smallest absolute Gasteiger partial charge is 0.141 e. The molecule has 0 radical (unpaired) electrons. The van der Waals surface area contributed by atoms with Gasteiger partial charge in [-0.05, 0) is 30.7 Å². The van der Waals surface area contributed by atoms with Gasteiger partial charge in [-0.15, -0.1) is 11.6 Å². The maximum absolute atomic E-state index is 6.57. The number of hydrogen-bond acceptors (Lipinski definition) is 5. The summed E-state index contributed by atoms with van der Waals surface area (Å²) in [5, 5.41) is 0.538. The van der Waals surface area contributed by atoms with E-state index in [9.17, 15) is 0 Å². The molecule has 1 aromatic rings. The third-order valence-electron chi connectivity index (χ3n) is 4.77. The van der Waals surface area contributed by atoms with Crippen molar-refractivity contribution in [2.45, 2.75) is 25.6 Å². The molecule has 176 valence electrons. The Labute approximate surface area is 202 Å². The van der Waals surface area contributed by atoms with E-state index >= 15 is 0 Å². The maximum atomic E-state index is 6.57. The molecule has 8 heteroatoms. The molecule has 0 saturated heterocycles. The average Bonchev–Trinajstić information content (AvgIpc) is 2.78. The minimum atomic E-state index is 0.288. The van der Waals surface area contributed by atoms with Gasteiger partial charge in [-0.1, -0.05) is 30.7 Å². The number of aliphatic imine (C=N–C) groups is 2. The Kier molecular flexibility index (Phi) is 12.6. The number of nitrogens with zero attached hydrogens (tertiary/aromatic N) is 4. The van der Waals surface area contributed by atoms with E-state index in [0.717, 1.165) is 29.7 Å². The van der Waals surface area contributed by atoms with Gasteiger partial charge in [0.05, 0.1) is 25.1 Å². The van der Waals surface area contributed by atoms with Crippen molar-refractivity contribution in [2.24, 2.45) is 9.98 Å². The Morgan fingerprint density at radius 1 is 1.09 bits per heavy atom. The molecule has 0 heterocycles. The van der Waals surface area contributed by atoms with Gasteiger partial charge in [0.1, 0.15) is 17.8 Å². The molecule has 0 N–H and O–H groups in total. The Hall–Kier alpha value is -2.44. The summed E-state index contributed by atoms with van der Waals surface area (Å²) in [5.74, 6) is 1.51. The second-order valence-corrected chi connectivity index (χ2v) is 7.97. The van der Waals surface area contributed by atoms with Crippen molar-refractivity contribution < 1.29 is 9.47 Å². The van der Waals surface area contributed by atoms with Crippen LogP contribution in [0.2, 0.25) is 5.02 Å². The number of halogens is 2. The minimum Gasteiger partial charge on any atom is -0.496 e. The van der Waals surface area contributed by atoms with Gasteiger partial charge in [-0.25, -0.2) is 4.99 Å². The van der Waals surface area contributed by atoms with Crippen LogP contribution in [0.4, 0.5) is 0 Å². The van der Waals surface area contributed by atoms with Crippen LogP contribution in [0.1, 0.15) is 24.5 Å². The SMILES string of the molecule is C=N/C=N\C=C(\CC)CN(C)/C=C\N(C)CC(=C)Cc1c(Cl)c(OC)cc(OC)c1CCl. The van der Waals surface area contributed by atoms with Crippen molar-refractivity contribution in [3.8, 4) is 11.5 Å². The van der Waals surface area contributed by atoms with E-state index in [0.29, 0.717) is 29.5 Å². The first-order valence-electron chi connectivity index (χ1n) is 10.2. The summed E-state index contributed by atoms with van der Waals surface area (Å²) in [6.45, 7) is 11.2. The molecule has 0 aliphatic heterocycles. The first-order valence-corrected chi connectivity index (χ1v) is 11.1. The molecule has 32 heavy (non-hydrogen) atoms. The van der Waals surface area contributed by atoms with Crippen LogP contribution in [-0.4, -0.2) is 64.3 Å². The second-order valence-electron chi connectivity index (χ2n) is 7.33. The first-order chi connectivity index (χ1) is 15.3. The minimum absolute atomic E-state index is 0.288. The number of alkyl halides is 1. The van der Waals surface area contributed by atoms with Gasteiger partial charge >= 0.3 is 0 Å². The topological polar surface area (TPSA) is 49.7 Å². The van der Waals surface area contributed by atoms with E-state index in [1.807, 2.05) is 32.7 Å². The van der Waals surface area contributed by atoms with Crippen molar-refractivity contribution in [2.75, 3.05) is 41.4 Å². The third-order valence-corrected chi connectivity index (χ3v) is 5.45. The molecule has 0 fully saturated rings. The molecule has 6 nitrogen and oxygen atoms in total. The van der Waals surface area contributed by atoms with Gasteiger partial charge in [0.25, 0.3) is 0 Å². The third kappa shape index (κ3) is 8.60. The summed E-state index contributed by atoms with van der Waals surface area (Å²) in [6, 6.07) is 1.76. The summed E-state index contributed by atoms with van der Waals surface area (Å²) >= 11 is 12.8. The zero-order valence-corrected chi connectivity index (χ0v) is 21.2. The molecule has 0 aliphatic carbocycles. The van der Waals surface area contributed by atoms with E-state index in [1.54, 1.807) is 20.3 Å². The van der Waals surface area contributed by atoms with E-state index in [2.05, 4.69) is 40.0 Å². The van der Waals surface area contributed by atoms with Crippen LogP contribution in [0.5, 0.6) is 11.5 Å². The van der Waals surface area contributed by atoms with Crippen LogP contribution in [0.25, 0.3) is 0 Å². The van der Waals surface area contributed by atoms with E-state index in [4.69, 9.17) is 32.7 Å². The number of methoxy groups -OCH3 is 2. The lowest BCUT2D eigenvalue weighted by atomic mass is 9.99. The van der Waals surface area contributed by atoms with Crippen molar-refractivity contribution in [3.63, 3.8) is 0 Å². The lowest BCUT2D eigenvalue weighted by Gasteiger charge is -2.21. The predicted molar refractivity (Wildman–Crippen MR) is 138 cm³/mol. The highest BCUT2D eigenvalue weighted by molar-refractivity contribution is 6.33. The summed E-state index contributed by atoms with van der Waals surface area (Å²) in [5.41, 5.74) is 3.92. The number of likely N-dealkylation sites (N-methyl/N-ethyl adjacent to an activating group) is 2. The molecule has 0 amide bonds. The lowest BCUT2D eigenvalue weighted by Crippen LogP contribution is -2.19. The highest BCUT2D eigenvalue weighted by atomic mass is 35.5. The highest BCUT2D eigenvalue weighted by Gasteiger charge is 2.18. The molecular formula is C24H34Cl2N4O2. The van der Waals surface area contributed by atoms with Gasteiger partial charge in [0.15, 0.2) is 0 Å². The fourth-order valence-corrected chi connectivity index (χ4v) is 3.71. The quantitative estimate of drug-likeness (QED) is 0.151. The standard InChI is InChI=1S/C24H34Cl2N4O2/c1-8-19(14-28-17-27-3)16-30(5)10-9-29(4)15-18(2)11-20-21(13-25)22(31-6)12-23(32-7)24(20)26/h9-10,12,14,17H,2-3,8,11,13,15-16H2,1,4-7H3/b10-9-,19-14-,28-17-. The Balaban J connectivity index is 2.82. The average molecular weight is 481 g/mol. The summed E-state index contributed by atoms with van der Waals surface area (Å²) in [4.78, 5) is 11.9. The van der Waals surface area contributed by atoms with Crippen LogP contribution in [0, 0.1) is 0 Å². The van der Waals surface area contributed by atoms with Gasteiger partial charge in [0.2, 0.25) is 0 Å². The van der Waals surface area contributed by atoms with Crippen molar-refractivity contribution in [3.05, 3.63) is 58.5 Å². The Bertz CT molecular complexity index is 866. The molecule has 0 saturated carbocycles. The molecular weight excluding hydrogens is 447 g/mol. The Morgan fingerprint density at radius 3 is 2.25 bits per heavy atom. The van der Waals surface area contributed by atoms with Gasteiger partial charge in [-0.3, -0.25) is 4.99 Å². The molecule has 0 unspecified atom stereocenters. The largest absolute Gasteiger partial charge is 0.496 e. The van der Waals surface area contributed by atoms with Crippen LogP contribution in [0.15, 0.2) is 52.4 Å². The number of rotatable bonds is 14. The van der Waals surface area contributed by atoms with Crippen LogP contribution in [-0.2, 0) is 12.3 Å². The van der Waals surface area contributed by atoms with E-state index < -0.39 is 0 Å². The molecule has 0 bridgehead atoms. The highest BCUT2D eigenvalue weighted by Crippen LogP contribution is 2.39. The molecule has 1 rings (SSSR count). The summed E-state index contributed by atoms with van der Waals surface area (Å²) in [7, 11) is 7.21. The zero-order valence-electron chi connectivity index (χ0n) is 19.7. The van der Waals surface area contributed by atoms with Crippen LogP contribution in [0.3, 0.4) is 0 Å². The summed E-state index contributed by atoms with van der Waals surface area (Å²) < 4.78 is 10.9. The maximum Gasteiger partial charge on any atom is 0.141 e. The monoisotopic (exact) mass is 480 g/mol. The fraction of sp³-hybridized carbons (Fsp3) is 0.417. The van der Waals surface area contributed by atoms with Crippen molar-refractivity contribution in [1.29, 1.82) is 0 Å². The van der Waals surface area contributed by atoms with Crippen molar-refractivity contribution >= 4 is 36.3 Å². The molecule has 0 aliphatic rings. The van der Waals surface area contributed by atoms with Gasteiger partial charge in [0, 0.05) is 57.4 Å². The second kappa shape index (κ2) is 14.6. The van der Waals surface area contributed by atoms with Gasteiger partial charge in [-0.2, -0.15) is 0 Å². The lowest BCUT2D eigenvalue weighted by molar-refractivity contribution is 0.391. The fourth-order valence-electron chi connectivity index (χ4n) is 3.10. The number of ether oxygens (including phenoxy) is 2. The van der Waals surface area contributed by atoms with E-state index in [-0.39, 0.29) is 5.88 Å².